The average Bonchev–Trinajstić information content (AvgIpc) is 1.99. The summed E-state index contributed by atoms with van der Waals surface area (Å²) in [6, 6.07) is 0. The predicted molar refractivity (Wildman–Crippen MR) is 49.6 cm³/mol. The van der Waals surface area contributed by atoms with Crippen LogP contribution < -0.4 is 0 Å². The van der Waals surface area contributed by atoms with Gasteiger partial charge in [0.25, 0.3) is 0 Å². The van der Waals surface area contributed by atoms with Crippen LogP contribution in [0.5, 0.6) is 0 Å². The Morgan fingerprint density at radius 2 is 2.31 bits per heavy atom. The number of hydrogen-bond donors (Lipinski definition) is 1. The lowest BCUT2D eigenvalue weighted by atomic mass is 9.81. The highest BCUT2D eigenvalue weighted by atomic mass is 16.7. The van der Waals surface area contributed by atoms with E-state index in [0.717, 1.165) is 5.57 Å². The Morgan fingerprint density at radius 3 is 2.85 bits per heavy atom. The van der Waals surface area contributed by atoms with E-state index < -0.39 is 11.8 Å². The minimum Gasteiger partial charge on any atom is -0.450 e. The van der Waals surface area contributed by atoms with Gasteiger partial charge in [-0.05, 0) is 19.9 Å². The number of ether oxygens (including phenoxy) is 1. The van der Waals surface area contributed by atoms with Crippen molar-refractivity contribution in [2.75, 3.05) is 0 Å². The van der Waals surface area contributed by atoms with Gasteiger partial charge < -0.3 is 9.84 Å². The Morgan fingerprint density at radius 1 is 1.69 bits per heavy atom. The summed E-state index contributed by atoms with van der Waals surface area (Å²) in [4.78, 5) is 10.4. The normalized spacial score (nSPS) is 32.5. The molecule has 13 heavy (non-hydrogen) atoms. The van der Waals surface area contributed by atoms with Crippen molar-refractivity contribution in [3.8, 4) is 0 Å². The third-order valence-electron chi connectivity index (χ3n) is 2.64. The topological polar surface area (TPSA) is 46.5 Å². The number of carbonyl (C=O) groups is 1. The molecule has 72 valence electrons. The van der Waals surface area contributed by atoms with Crippen LogP contribution >= 0.6 is 0 Å². The Hall–Kier alpha value is -1.25. The van der Waals surface area contributed by atoms with Crippen molar-refractivity contribution >= 4 is 6.16 Å². The van der Waals surface area contributed by atoms with Gasteiger partial charge in [0.1, 0.15) is 5.60 Å². The van der Waals surface area contributed by atoms with Gasteiger partial charge in [-0.15, -0.1) is 0 Å². The van der Waals surface area contributed by atoms with E-state index >= 15 is 0 Å². The van der Waals surface area contributed by atoms with Gasteiger partial charge in [0.15, 0.2) is 0 Å². The Labute approximate surface area is 77.7 Å². The molecule has 0 saturated carbocycles. The van der Waals surface area contributed by atoms with Crippen molar-refractivity contribution in [1.29, 1.82) is 0 Å². The van der Waals surface area contributed by atoms with Gasteiger partial charge in [-0.2, -0.15) is 0 Å². The standard InChI is InChI=1S/C10H14O3/c1-7-5-4-6-10(3,8(7)2)13-9(11)12/h4-6,8H,1-3H3,(H,11,12). The molecule has 2 atom stereocenters. The summed E-state index contributed by atoms with van der Waals surface area (Å²) >= 11 is 0. The molecule has 1 aliphatic rings. The van der Waals surface area contributed by atoms with Crippen LogP contribution in [0.25, 0.3) is 0 Å². The van der Waals surface area contributed by atoms with Crippen LogP contribution in [0, 0.1) is 5.92 Å². The van der Waals surface area contributed by atoms with Crippen LogP contribution in [-0.2, 0) is 4.74 Å². The fraction of sp³-hybridized carbons (Fsp3) is 0.500. The fourth-order valence-electron chi connectivity index (χ4n) is 1.44. The van der Waals surface area contributed by atoms with Crippen molar-refractivity contribution < 1.29 is 14.6 Å². The first-order chi connectivity index (χ1) is 5.96. The van der Waals surface area contributed by atoms with Crippen LogP contribution in [-0.4, -0.2) is 16.9 Å². The van der Waals surface area contributed by atoms with E-state index in [2.05, 4.69) is 0 Å². The molecule has 0 aromatic carbocycles. The first-order valence-corrected chi connectivity index (χ1v) is 4.23. The molecule has 0 amide bonds. The molecule has 0 saturated heterocycles. The Balaban J connectivity index is 2.86. The molecule has 0 aliphatic heterocycles. The highest BCUT2D eigenvalue weighted by molar-refractivity contribution is 5.58. The summed E-state index contributed by atoms with van der Waals surface area (Å²) in [5.41, 5.74) is 0.413. The van der Waals surface area contributed by atoms with Gasteiger partial charge in [0, 0.05) is 5.92 Å². The van der Waals surface area contributed by atoms with E-state index in [1.807, 2.05) is 26.0 Å². The SMILES string of the molecule is CC1=CC=CC(C)(OC(=O)O)C1C. The predicted octanol–water partition coefficient (Wildman–Crippen LogP) is 2.59. The van der Waals surface area contributed by atoms with Crippen molar-refractivity contribution in [2.24, 2.45) is 5.92 Å². The zero-order valence-electron chi connectivity index (χ0n) is 8.07. The van der Waals surface area contributed by atoms with Gasteiger partial charge in [-0.3, -0.25) is 0 Å². The second-order valence-corrected chi connectivity index (χ2v) is 3.54. The highest BCUT2D eigenvalue weighted by Crippen LogP contribution is 2.32. The lowest BCUT2D eigenvalue weighted by molar-refractivity contribution is -0.00143. The zero-order chi connectivity index (χ0) is 10.1. The average molecular weight is 182 g/mol. The van der Waals surface area contributed by atoms with Crippen LogP contribution in [0.15, 0.2) is 23.8 Å². The second kappa shape index (κ2) is 3.24. The largest absolute Gasteiger partial charge is 0.506 e. The third kappa shape index (κ3) is 1.91. The molecule has 0 radical (unpaired) electrons. The number of hydrogen-bond acceptors (Lipinski definition) is 2. The molecule has 1 rings (SSSR count). The fourth-order valence-corrected chi connectivity index (χ4v) is 1.44. The first-order valence-electron chi connectivity index (χ1n) is 4.23. The van der Waals surface area contributed by atoms with Gasteiger partial charge in [0.05, 0.1) is 0 Å². The minimum absolute atomic E-state index is 0.0913. The minimum atomic E-state index is -1.23. The maximum absolute atomic E-state index is 10.4. The van der Waals surface area contributed by atoms with Gasteiger partial charge >= 0.3 is 6.16 Å². The quantitative estimate of drug-likeness (QED) is 0.634. The maximum atomic E-state index is 10.4. The summed E-state index contributed by atoms with van der Waals surface area (Å²) in [6.07, 6.45) is 4.35. The summed E-state index contributed by atoms with van der Waals surface area (Å²) < 4.78 is 4.85. The van der Waals surface area contributed by atoms with Crippen molar-refractivity contribution in [3.05, 3.63) is 23.8 Å². The summed E-state index contributed by atoms with van der Waals surface area (Å²) in [5, 5.41) is 8.56. The smallest absolute Gasteiger partial charge is 0.450 e. The van der Waals surface area contributed by atoms with Crippen molar-refractivity contribution in [1.82, 2.24) is 0 Å². The molecule has 3 heteroatoms. The van der Waals surface area contributed by atoms with Crippen LogP contribution in [0.2, 0.25) is 0 Å². The summed E-state index contributed by atoms with van der Waals surface area (Å²) in [7, 11) is 0. The monoisotopic (exact) mass is 182 g/mol. The van der Waals surface area contributed by atoms with E-state index in [0.29, 0.717) is 0 Å². The van der Waals surface area contributed by atoms with E-state index in [-0.39, 0.29) is 5.92 Å². The summed E-state index contributed by atoms with van der Waals surface area (Å²) in [5.74, 6) is 0.0913. The molecule has 0 bridgehead atoms. The Kier molecular flexibility index (Phi) is 2.45. The van der Waals surface area contributed by atoms with E-state index in [9.17, 15) is 4.79 Å². The summed E-state index contributed by atoms with van der Waals surface area (Å²) in [6.45, 7) is 5.70. The molecule has 0 spiro atoms. The van der Waals surface area contributed by atoms with Gasteiger partial charge in [-0.25, -0.2) is 4.79 Å². The molecule has 1 N–H and O–H groups in total. The van der Waals surface area contributed by atoms with Gasteiger partial charge in [-0.1, -0.05) is 24.6 Å². The number of carboxylic acid groups (broad SMARTS) is 1. The second-order valence-electron chi connectivity index (χ2n) is 3.54. The molecular weight excluding hydrogens is 168 g/mol. The van der Waals surface area contributed by atoms with E-state index in [1.165, 1.54) is 0 Å². The lowest BCUT2D eigenvalue weighted by Crippen LogP contribution is -2.37. The molecule has 2 unspecified atom stereocenters. The van der Waals surface area contributed by atoms with E-state index in [1.54, 1.807) is 13.0 Å². The third-order valence-corrected chi connectivity index (χ3v) is 2.64. The molecular formula is C10H14O3. The first kappa shape index (κ1) is 9.84. The molecule has 3 nitrogen and oxygen atoms in total. The molecule has 0 fully saturated rings. The molecule has 0 aromatic heterocycles. The van der Waals surface area contributed by atoms with Crippen molar-refractivity contribution in [2.45, 2.75) is 26.4 Å². The highest BCUT2D eigenvalue weighted by Gasteiger charge is 2.34. The van der Waals surface area contributed by atoms with Crippen LogP contribution in [0.1, 0.15) is 20.8 Å². The maximum Gasteiger partial charge on any atom is 0.506 e. The van der Waals surface area contributed by atoms with Crippen LogP contribution in [0.4, 0.5) is 4.79 Å². The van der Waals surface area contributed by atoms with Gasteiger partial charge in [0.2, 0.25) is 0 Å². The number of rotatable bonds is 1. The molecule has 0 heterocycles. The van der Waals surface area contributed by atoms with E-state index in [4.69, 9.17) is 9.84 Å². The van der Waals surface area contributed by atoms with Crippen molar-refractivity contribution in [3.63, 3.8) is 0 Å². The zero-order valence-corrected chi connectivity index (χ0v) is 8.07. The number of allylic oxidation sites excluding steroid dienone is 2. The lowest BCUT2D eigenvalue weighted by Gasteiger charge is -2.33. The molecule has 0 aromatic rings. The van der Waals surface area contributed by atoms with Crippen LogP contribution in [0.3, 0.4) is 0 Å². The molecule has 1 aliphatic carbocycles. The Bertz CT molecular complexity index is 278.